The number of carbonyl (C=O) groups excluding carboxylic acids is 2. The summed E-state index contributed by atoms with van der Waals surface area (Å²) in [5, 5.41) is 2.85. The molecular formula is C17H24N2O2. The Bertz CT molecular complexity index is 487. The molecule has 1 heterocycles. The van der Waals surface area contributed by atoms with Gasteiger partial charge in [-0.25, -0.2) is 0 Å². The van der Waals surface area contributed by atoms with Gasteiger partial charge in [0, 0.05) is 13.0 Å². The number of hydrogen-bond donors (Lipinski definition) is 1. The van der Waals surface area contributed by atoms with Crippen molar-refractivity contribution in [2.45, 2.75) is 51.6 Å². The van der Waals surface area contributed by atoms with E-state index >= 15 is 0 Å². The van der Waals surface area contributed by atoms with Crippen LogP contribution in [0.4, 0.5) is 0 Å². The Labute approximate surface area is 126 Å². The smallest absolute Gasteiger partial charge is 0.246 e. The van der Waals surface area contributed by atoms with E-state index in [2.05, 4.69) is 12.2 Å². The standard InChI is InChI=1S/C17H24N2O2/c1-3-4-8-11-19-13(2)16(20)18-15(17(19)21)12-14-9-6-5-7-10-14/h5-7,9-10,13,15H,3-4,8,11-12H2,1-2H3,(H,18,20). The Balaban J connectivity index is 2.05. The minimum Gasteiger partial charge on any atom is -0.342 e. The average Bonchev–Trinajstić information content (AvgIpc) is 2.49. The van der Waals surface area contributed by atoms with Gasteiger partial charge in [-0.3, -0.25) is 9.59 Å². The number of carbonyl (C=O) groups is 2. The van der Waals surface area contributed by atoms with Gasteiger partial charge in [-0.05, 0) is 18.9 Å². The third kappa shape index (κ3) is 3.84. The number of nitrogens with one attached hydrogen (secondary N) is 1. The number of rotatable bonds is 6. The zero-order chi connectivity index (χ0) is 15.2. The highest BCUT2D eigenvalue weighted by Crippen LogP contribution is 2.15. The molecule has 2 atom stereocenters. The monoisotopic (exact) mass is 288 g/mol. The van der Waals surface area contributed by atoms with Gasteiger partial charge in [-0.15, -0.1) is 0 Å². The number of amides is 2. The molecular weight excluding hydrogens is 264 g/mol. The van der Waals surface area contributed by atoms with Crippen molar-refractivity contribution in [1.82, 2.24) is 10.2 Å². The minimum absolute atomic E-state index is 0.0436. The van der Waals surface area contributed by atoms with E-state index in [1.54, 1.807) is 11.8 Å². The topological polar surface area (TPSA) is 49.4 Å². The van der Waals surface area contributed by atoms with Crippen molar-refractivity contribution in [3.05, 3.63) is 35.9 Å². The maximum absolute atomic E-state index is 12.6. The van der Waals surface area contributed by atoms with Crippen LogP contribution in [0.3, 0.4) is 0 Å². The lowest BCUT2D eigenvalue weighted by molar-refractivity contribution is -0.148. The summed E-state index contributed by atoms with van der Waals surface area (Å²) in [5.41, 5.74) is 1.07. The molecule has 0 radical (unpaired) electrons. The Hall–Kier alpha value is -1.84. The largest absolute Gasteiger partial charge is 0.342 e. The van der Waals surface area contributed by atoms with Crippen LogP contribution < -0.4 is 5.32 Å². The highest BCUT2D eigenvalue weighted by Gasteiger charge is 2.37. The van der Waals surface area contributed by atoms with E-state index in [4.69, 9.17) is 0 Å². The molecule has 2 rings (SSSR count). The molecule has 21 heavy (non-hydrogen) atoms. The first kappa shape index (κ1) is 15.5. The lowest BCUT2D eigenvalue weighted by Gasteiger charge is -2.37. The fraction of sp³-hybridized carbons (Fsp3) is 0.529. The Morgan fingerprint density at radius 2 is 1.86 bits per heavy atom. The molecule has 0 bridgehead atoms. The van der Waals surface area contributed by atoms with Gasteiger partial charge < -0.3 is 10.2 Å². The Morgan fingerprint density at radius 1 is 1.14 bits per heavy atom. The average molecular weight is 288 g/mol. The van der Waals surface area contributed by atoms with Crippen molar-refractivity contribution in [2.75, 3.05) is 6.54 Å². The van der Waals surface area contributed by atoms with Gasteiger partial charge in [-0.2, -0.15) is 0 Å². The third-order valence-corrected chi connectivity index (χ3v) is 4.03. The number of benzene rings is 1. The van der Waals surface area contributed by atoms with Crippen LogP contribution in [-0.4, -0.2) is 35.3 Å². The number of nitrogens with zero attached hydrogens (tertiary/aromatic N) is 1. The Morgan fingerprint density at radius 3 is 2.52 bits per heavy atom. The summed E-state index contributed by atoms with van der Waals surface area (Å²) in [6.07, 6.45) is 3.71. The molecule has 0 aromatic heterocycles. The minimum atomic E-state index is -0.433. The second-order valence-electron chi connectivity index (χ2n) is 5.67. The quantitative estimate of drug-likeness (QED) is 0.815. The molecule has 4 nitrogen and oxygen atoms in total. The van der Waals surface area contributed by atoms with Crippen LogP contribution >= 0.6 is 0 Å². The maximum atomic E-state index is 12.6. The molecule has 1 saturated heterocycles. The predicted molar refractivity (Wildman–Crippen MR) is 82.8 cm³/mol. The van der Waals surface area contributed by atoms with Gasteiger partial charge in [0.15, 0.2) is 0 Å². The lowest BCUT2D eigenvalue weighted by Crippen LogP contribution is -2.63. The normalized spacial score (nSPS) is 22.3. The van der Waals surface area contributed by atoms with Crippen molar-refractivity contribution in [3.8, 4) is 0 Å². The van der Waals surface area contributed by atoms with Crippen LogP contribution in [0.5, 0.6) is 0 Å². The van der Waals surface area contributed by atoms with Gasteiger partial charge in [0.25, 0.3) is 0 Å². The van der Waals surface area contributed by atoms with E-state index in [1.165, 1.54) is 0 Å². The van der Waals surface area contributed by atoms with Gasteiger partial charge in [-0.1, -0.05) is 50.1 Å². The molecule has 0 spiro atoms. The van der Waals surface area contributed by atoms with Crippen LogP contribution in [-0.2, 0) is 16.0 Å². The summed E-state index contributed by atoms with van der Waals surface area (Å²) in [6.45, 7) is 4.61. The highest BCUT2D eigenvalue weighted by atomic mass is 16.2. The molecule has 1 aromatic carbocycles. The summed E-state index contributed by atoms with van der Waals surface area (Å²) in [4.78, 5) is 26.4. The van der Waals surface area contributed by atoms with E-state index in [1.807, 2.05) is 30.3 Å². The van der Waals surface area contributed by atoms with Crippen LogP contribution in [0.1, 0.15) is 38.7 Å². The zero-order valence-electron chi connectivity index (χ0n) is 12.8. The zero-order valence-corrected chi connectivity index (χ0v) is 12.8. The molecule has 1 fully saturated rings. The van der Waals surface area contributed by atoms with Crippen molar-refractivity contribution in [3.63, 3.8) is 0 Å². The molecule has 2 unspecified atom stereocenters. The van der Waals surface area contributed by atoms with E-state index in [9.17, 15) is 9.59 Å². The van der Waals surface area contributed by atoms with Gasteiger partial charge >= 0.3 is 0 Å². The molecule has 1 aliphatic heterocycles. The third-order valence-electron chi connectivity index (χ3n) is 4.03. The Kier molecular flexibility index (Phi) is 5.37. The van der Waals surface area contributed by atoms with Gasteiger partial charge in [0.2, 0.25) is 11.8 Å². The number of piperazine rings is 1. The highest BCUT2D eigenvalue weighted by molar-refractivity contribution is 5.96. The number of hydrogen-bond acceptors (Lipinski definition) is 2. The second kappa shape index (κ2) is 7.25. The molecule has 2 amide bonds. The van der Waals surface area contributed by atoms with Crippen LogP contribution in [0.15, 0.2) is 30.3 Å². The summed E-state index contributed by atoms with van der Waals surface area (Å²) in [6, 6.07) is 9.03. The van der Waals surface area contributed by atoms with E-state index in [0.29, 0.717) is 13.0 Å². The van der Waals surface area contributed by atoms with Crippen LogP contribution in [0.25, 0.3) is 0 Å². The summed E-state index contributed by atoms with van der Waals surface area (Å²) < 4.78 is 0. The van der Waals surface area contributed by atoms with E-state index in [0.717, 1.165) is 24.8 Å². The first-order valence-corrected chi connectivity index (χ1v) is 7.78. The fourth-order valence-electron chi connectivity index (χ4n) is 2.71. The SMILES string of the molecule is CCCCCN1C(=O)C(Cc2ccccc2)NC(=O)C1C. The molecule has 1 aliphatic rings. The molecule has 1 aromatic rings. The molecule has 1 N–H and O–H groups in total. The van der Waals surface area contributed by atoms with Crippen molar-refractivity contribution < 1.29 is 9.59 Å². The molecule has 114 valence electrons. The van der Waals surface area contributed by atoms with E-state index < -0.39 is 6.04 Å². The summed E-state index contributed by atoms with van der Waals surface area (Å²) in [7, 11) is 0. The van der Waals surface area contributed by atoms with Crippen LogP contribution in [0, 0.1) is 0 Å². The van der Waals surface area contributed by atoms with Crippen molar-refractivity contribution in [2.24, 2.45) is 0 Å². The number of unbranched alkanes of at least 4 members (excludes halogenated alkanes) is 2. The van der Waals surface area contributed by atoms with Gasteiger partial charge in [0.1, 0.15) is 12.1 Å². The molecule has 0 aliphatic carbocycles. The summed E-state index contributed by atoms with van der Waals surface area (Å²) in [5.74, 6) is -0.00548. The maximum Gasteiger partial charge on any atom is 0.246 e. The predicted octanol–water partition coefficient (Wildman–Crippen LogP) is 2.13. The first-order valence-electron chi connectivity index (χ1n) is 7.78. The van der Waals surface area contributed by atoms with Crippen LogP contribution in [0.2, 0.25) is 0 Å². The van der Waals surface area contributed by atoms with E-state index in [-0.39, 0.29) is 17.9 Å². The van der Waals surface area contributed by atoms with Crippen molar-refractivity contribution in [1.29, 1.82) is 0 Å². The lowest BCUT2D eigenvalue weighted by atomic mass is 10.0. The second-order valence-corrected chi connectivity index (χ2v) is 5.67. The first-order chi connectivity index (χ1) is 10.1. The van der Waals surface area contributed by atoms with Gasteiger partial charge in [0.05, 0.1) is 0 Å². The fourth-order valence-corrected chi connectivity index (χ4v) is 2.71. The summed E-state index contributed by atoms with van der Waals surface area (Å²) >= 11 is 0. The van der Waals surface area contributed by atoms with Crippen molar-refractivity contribution >= 4 is 11.8 Å². The molecule has 4 heteroatoms. The molecule has 0 saturated carbocycles.